The van der Waals surface area contributed by atoms with Crippen molar-refractivity contribution in [3.8, 4) is 0 Å². The molecule has 0 radical (unpaired) electrons. The zero-order chi connectivity index (χ0) is 33.9. The number of hydrogen-bond acceptors (Lipinski definition) is 5. The molecule has 0 amide bonds. The van der Waals surface area contributed by atoms with Gasteiger partial charge in [0, 0.05) is 12.8 Å². The Hall–Kier alpha value is -3.12. The first-order valence-electron chi connectivity index (χ1n) is 16.1. The monoisotopic (exact) mass is 616 g/mol. The number of rotatable bonds is 13. The second-order valence-corrected chi connectivity index (χ2v) is 13.9. The van der Waals surface area contributed by atoms with Gasteiger partial charge >= 0.3 is 0 Å². The molecule has 5 nitrogen and oxygen atoms in total. The predicted molar refractivity (Wildman–Crippen MR) is 187 cm³/mol. The summed E-state index contributed by atoms with van der Waals surface area (Å²) in [6, 6.07) is 0. The van der Waals surface area contributed by atoms with Crippen molar-refractivity contribution < 1.29 is 24.5 Å². The molecule has 1 fully saturated rings. The fourth-order valence-electron chi connectivity index (χ4n) is 5.98. The van der Waals surface area contributed by atoms with Gasteiger partial charge in [0.2, 0.25) is 0 Å². The molecule has 2 N–H and O–H groups in total. The van der Waals surface area contributed by atoms with E-state index in [-0.39, 0.29) is 29.0 Å². The van der Waals surface area contributed by atoms with Crippen LogP contribution in [0.2, 0.25) is 0 Å². The minimum absolute atomic E-state index is 0.0648. The maximum Gasteiger partial charge on any atom is 0.161 e. The lowest BCUT2D eigenvalue weighted by atomic mass is 9.70. The van der Waals surface area contributed by atoms with Crippen LogP contribution in [0.4, 0.5) is 0 Å². The van der Waals surface area contributed by atoms with Crippen LogP contribution in [-0.2, 0) is 14.3 Å². The van der Waals surface area contributed by atoms with Gasteiger partial charge in [0.05, 0.1) is 17.8 Å². The first-order chi connectivity index (χ1) is 20.9. The molecule has 0 bridgehead atoms. The van der Waals surface area contributed by atoms with Crippen LogP contribution in [0.5, 0.6) is 0 Å². The van der Waals surface area contributed by atoms with Gasteiger partial charge in [0.1, 0.15) is 11.9 Å². The van der Waals surface area contributed by atoms with E-state index in [4.69, 9.17) is 4.74 Å². The number of aliphatic hydroxyl groups excluding tert-OH is 2. The Balaban J connectivity index is 1.90. The number of allylic oxidation sites excluding steroid dienone is 17. The van der Waals surface area contributed by atoms with Gasteiger partial charge < -0.3 is 14.9 Å². The average molecular weight is 617 g/mol. The Morgan fingerprint density at radius 3 is 1.96 bits per heavy atom. The largest absolute Gasteiger partial charge is 0.390 e. The van der Waals surface area contributed by atoms with Gasteiger partial charge in [0.25, 0.3) is 0 Å². The molecule has 0 spiro atoms. The third kappa shape index (κ3) is 12.0. The molecule has 1 saturated heterocycles. The highest BCUT2D eigenvalue weighted by molar-refractivity contribution is 5.95. The van der Waals surface area contributed by atoms with Gasteiger partial charge in [-0.15, -0.1) is 0 Å². The molecule has 0 aromatic rings. The molecule has 0 saturated carbocycles. The smallest absolute Gasteiger partial charge is 0.161 e. The van der Waals surface area contributed by atoms with Gasteiger partial charge in [-0.3, -0.25) is 9.59 Å². The van der Waals surface area contributed by atoms with Crippen LogP contribution in [-0.4, -0.2) is 45.7 Å². The molecule has 246 valence electrons. The lowest BCUT2D eigenvalue weighted by Crippen LogP contribution is -2.38. The van der Waals surface area contributed by atoms with E-state index in [1.807, 2.05) is 90.2 Å². The molecule has 0 aromatic carbocycles. The van der Waals surface area contributed by atoms with Crippen molar-refractivity contribution in [1.29, 1.82) is 0 Å². The van der Waals surface area contributed by atoms with E-state index in [2.05, 4.69) is 45.1 Å². The molecule has 1 aliphatic carbocycles. The van der Waals surface area contributed by atoms with E-state index < -0.39 is 17.8 Å². The zero-order valence-corrected chi connectivity index (χ0v) is 29.2. The second kappa shape index (κ2) is 17.0. The third-order valence-electron chi connectivity index (χ3n) is 9.01. The zero-order valence-electron chi connectivity index (χ0n) is 29.2. The molecule has 1 aliphatic heterocycles. The Morgan fingerprint density at radius 1 is 0.844 bits per heavy atom. The average Bonchev–Trinajstić information content (AvgIpc) is 3.20. The maximum absolute atomic E-state index is 12.9. The van der Waals surface area contributed by atoms with Gasteiger partial charge in [-0.05, 0) is 89.4 Å². The molecular weight excluding hydrogens is 560 g/mol. The van der Waals surface area contributed by atoms with E-state index in [9.17, 15) is 19.8 Å². The highest BCUT2D eigenvalue weighted by Crippen LogP contribution is 2.41. The Labute approximate surface area is 272 Å². The summed E-state index contributed by atoms with van der Waals surface area (Å²) in [7, 11) is 0. The van der Waals surface area contributed by atoms with E-state index in [0.717, 1.165) is 34.3 Å². The number of ether oxygens (including phenoxy) is 1. The fourth-order valence-corrected chi connectivity index (χ4v) is 5.98. The molecule has 1 heterocycles. The normalized spacial score (nSPS) is 28.9. The summed E-state index contributed by atoms with van der Waals surface area (Å²) in [4.78, 5) is 24.4. The molecule has 2 aliphatic rings. The predicted octanol–water partition coefficient (Wildman–Crippen LogP) is 8.59. The van der Waals surface area contributed by atoms with Crippen LogP contribution in [0.25, 0.3) is 0 Å². The molecule has 5 heteroatoms. The Kier molecular flexibility index (Phi) is 14.4. The van der Waals surface area contributed by atoms with Gasteiger partial charge in [0.15, 0.2) is 5.78 Å². The lowest BCUT2D eigenvalue weighted by molar-refractivity contribution is -0.126. The maximum atomic E-state index is 12.9. The summed E-state index contributed by atoms with van der Waals surface area (Å²) < 4.78 is 6.15. The third-order valence-corrected chi connectivity index (χ3v) is 9.01. The summed E-state index contributed by atoms with van der Waals surface area (Å²) in [6.07, 6.45) is 24.5. The highest BCUT2D eigenvalue weighted by Gasteiger charge is 2.44. The van der Waals surface area contributed by atoms with Crippen LogP contribution in [0, 0.1) is 11.3 Å². The molecule has 45 heavy (non-hydrogen) atoms. The van der Waals surface area contributed by atoms with Crippen LogP contribution in [0.1, 0.15) is 94.9 Å². The number of carbonyl (C=O) groups is 2. The fraction of sp³-hybridized carbons (Fsp3) is 0.500. The lowest BCUT2D eigenvalue weighted by Gasteiger charge is -2.38. The van der Waals surface area contributed by atoms with Gasteiger partial charge in [-0.1, -0.05) is 110 Å². The summed E-state index contributed by atoms with van der Waals surface area (Å²) in [5.74, 6) is 0.402. The molecule has 2 rings (SSSR count). The number of aliphatic hydroxyl groups is 2. The van der Waals surface area contributed by atoms with Crippen molar-refractivity contribution in [1.82, 2.24) is 0 Å². The summed E-state index contributed by atoms with van der Waals surface area (Å²) >= 11 is 0. The molecular formula is C40H56O5. The summed E-state index contributed by atoms with van der Waals surface area (Å²) in [5.41, 5.74) is 5.15. The number of carbonyl (C=O) groups excluding carboxylic acids is 2. The van der Waals surface area contributed by atoms with Gasteiger partial charge in [-0.2, -0.15) is 0 Å². The second-order valence-electron chi connectivity index (χ2n) is 13.9. The highest BCUT2D eigenvalue weighted by atomic mass is 16.5. The minimum Gasteiger partial charge on any atom is -0.390 e. The number of Topliss-reactive ketones (excluding diaryl/α,β-unsaturated/α-hetero) is 2. The van der Waals surface area contributed by atoms with E-state index >= 15 is 0 Å². The molecule has 0 aromatic heterocycles. The molecule has 5 unspecified atom stereocenters. The van der Waals surface area contributed by atoms with Crippen LogP contribution >= 0.6 is 0 Å². The van der Waals surface area contributed by atoms with Crippen LogP contribution in [0.15, 0.2) is 106 Å². The van der Waals surface area contributed by atoms with Crippen molar-refractivity contribution in [2.45, 2.75) is 119 Å². The Bertz CT molecular complexity index is 1360. The van der Waals surface area contributed by atoms with E-state index in [1.165, 1.54) is 0 Å². The van der Waals surface area contributed by atoms with Crippen LogP contribution < -0.4 is 0 Å². The van der Waals surface area contributed by atoms with Gasteiger partial charge in [-0.25, -0.2) is 0 Å². The summed E-state index contributed by atoms with van der Waals surface area (Å²) in [5, 5.41) is 20.4. The first kappa shape index (κ1) is 38.1. The van der Waals surface area contributed by atoms with Crippen molar-refractivity contribution in [3.63, 3.8) is 0 Å². The molecule has 5 atom stereocenters. The Morgan fingerprint density at radius 2 is 1.38 bits per heavy atom. The van der Waals surface area contributed by atoms with Crippen molar-refractivity contribution in [2.24, 2.45) is 11.3 Å². The number of ketones is 2. The topological polar surface area (TPSA) is 83.8 Å². The van der Waals surface area contributed by atoms with Crippen molar-refractivity contribution in [3.05, 3.63) is 106 Å². The summed E-state index contributed by atoms with van der Waals surface area (Å²) in [6.45, 7) is 19.7. The SMILES string of the molecule is CC(=O)CC1CC(C)C(C)(CC(=O)C(C)=CC=CC(C)=CC=CC=C(C)C=CC=C(C)C=CC2=C(C)C(O)C(O)CC2(C)C)O1. The first-order valence-corrected chi connectivity index (χ1v) is 16.1. The number of hydrogen-bond donors (Lipinski definition) is 2. The quantitative estimate of drug-likeness (QED) is 0.160. The minimum atomic E-state index is -0.807. The van der Waals surface area contributed by atoms with Crippen molar-refractivity contribution in [2.75, 3.05) is 0 Å². The van der Waals surface area contributed by atoms with Crippen molar-refractivity contribution >= 4 is 11.6 Å². The van der Waals surface area contributed by atoms with E-state index in [0.29, 0.717) is 24.8 Å². The standard InChI is InChI=1S/C40H56O5/c1-27(17-13-18-29(3)21-22-35-33(7)38(44)37(43)25-39(35,8)9)15-11-12-16-28(2)19-14-20-30(4)36(42)26-40(10)31(5)23-34(45-40)24-32(6)41/h11-22,31,34,37-38,43-44H,23-26H2,1-10H3. The van der Waals surface area contributed by atoms with E-state index in [1.54, 1.807) is 6.92 Å². The van der Waals surface area contributed by atoms with Crippen LogP contribution in [0.3, 0.4) is 0 Å².